The monoisotopic (exact) mass is 504 g/mol. The Morgan fingerprint density at radius 1 is 1.00 bits per heavy atom. The van der Waals surface area contributed by atoms with Crippen LogP contribution in [0.5, 0.6) is 11.5 Å². The predicted molar refractivity (Wildman–Crippen MR) is 130 cm³/mol. The van der Waals surface area contributed by atoms with Gasteiger partial charge in [-0.1, -0.05) is 6.07 Å². The molecule has 2 aromatic carbocycles. The lowest BCUT2D eigenvalue weighted by molar-refractivity contribution is -0.136. The van der Waals surface area contributed by atoms with Crippen molar-refractivity contribution in [3.8, 4) is 11.5 Å². The van der Waals surface area contributed by atoms with E-state index in [0.717, 1.165) is 32.4 Å². The Morgan fingerprint density at radius 3 is 2.46 bits per heavy atom. The van der Waals surface area contributed by atoms with E-state index in [1.54, 1.807) is 30.3 Å². The second-order valence-corrected chi connectivity index (χ2v) is 11.4. The van der Waals surface area contributed by atoms with Crippen LogP contribution in [0.25, 0.3) is 0 Å². The van der Waals surface area contributed by atoms with E-state index in [9.17, 15) is 17.6 Å². The van der Waals surface area contributed by atoms with Crippen molar-refractivity contribution in [2.45, 2.75) is 43.4 Å². The van der Waals surface area contributed by atoms with Crippen LogP contribution in [0, 0.1) is 11.2 Å². The van der Waals surface area contributed by atoms with E-state index in [-0.39, 0.29) is 36.2 Å². The number of amides is 1. The van der Waals surface area contributed by atoms with Crippen molar-refractivity contribution in [1.82, 2.24) is 9.21 Å². The second kappa shape index (κ2) is 11.0. The van der Waals surface area contributed by atoms with Crippen LogP contribution in [0.1, 0.15) is 38.5 Å². The average Bonchev–Trinajstić information content (AvgIpc) is 2.89. The molecule has 1 unspecified atom stereocenters. The van der Waals surface area contributed by atoms with Crippen LogP contribution in [0.3, 0.4) is 0 Å². The molecular formula is C26H33FN2O5S. The Bertz CT molecular complexity index is 1120. The third-order valence-corrected chi connectivity index (χ3v) is 8.74. The van der Waals surface area contributed by atoms with E-state index in [2.05, 4.69) is 0 Å². The Balaban J connectivity index is 1.58. The van der Waals surface area contributed by atoms with Crippen LogP contribution in [0.2, 0.25) is 0 Å². The highest BCUT2D eigenvalue weighted by Crippen LogP contribution is 2.38. The zero-order valence-electron chi connectivity index (χ0n) is 20.1. The van der Waals surface area contributed by atoms with Crippen LogP contribution in [0.4, 0.5) is 4.39 Å². The lowest BCUT2D eigenvalue weighted by Gasteiger charge is -2.42. The number of ether oxygens (including phenoxy) is 2. The molecule has 0 N–H and O–H groups in total. The maximum atomic E-state index is 13.5. The molecule has 4 rings (SSSR count). The molecule has 0 saturated carbocycles. The quantitative estimate of drug-likeness (QED) is 0.541. The van der Waals surface area contributed by atoms with E-state index in [1.165, 1.54) is 29.6 Å². The van der Waals surface area contributed by atoms with E-state index in [1.807, 2.05) is 4.90 Å². The molecule has 7 nitrogen and oxygen atoms in total. The first-order valence-electron chi connectivity index (χ1n) is 12.1. The standard InChI is InChI=1S/C26H33FN2O5S/c1-33-23-7-5-8-24(17-23)35(31,32)29-16-6-13-26(19-29,18-25(30)28-14-3-2-4-15-28)20-34-22-11-9-21(27)10-12-22/h5,7-12,17H,2-4,6,13-16,18-20H2,1H3. The summed E-state index contributed by atoms with van der Waals surface area (Å²) in [6.45, 7) is 2.19. The molecule has 2 aliphatic heterocycles. The Morgan fingerprint density at radius 2 is 1.74 bits per heavy atom. The summed E-state index contributed by atoms with van der Waals surface area (Å²) in [4.78, 5) is 15.3. The summed E-state index contributed by atoms with van der Waals surface area (Å²) < 4.78 is 53.1. The number of hydrogen-bond donors (Lipinski definition) is 0. The molecule has 1 atom stereocenters. The van der Waals surface area contributed by atoms with Crippen LogP contribution < -0.4 is 9.47 Å². The van der Waals surface area contributed by atoms with Crippen LogP contribution in [0.15, 0.2) is 53.4 Å². The number of carbonyl (C=O) groups excluding carboxylic acids is 1. The highest BCUT2D eigenvalue weighted by atomic mass is 32.2. The van der Waals surface area contributed by atoms with E-state index in [4.69, 9.17) is 9.47 Å². The first-order valence-corrected chi connectivity index (χ1v) is 13.6. The lowest BCUT2D eigenvalue weighted by atomic mass is 9.78. The first-order chi connectivity index (χ1) is 16.8. The fraction of sp³-hybridized carbons (Fsp3) is 0.500. The SMILES string of the molecule is COc1cccc(S(=O)(=O)N2CCCC(COc3ccc(F)cc3)(CC(=O)N3CCCCC3)C2)c1. The van der Waals surface area contributed by atoms with Gasteiger partial charge in [-0.3, -0.25) is 4.79 Å². The topological polar surface area (TPSA) is 76.1 Å². The first kappa shape index (κ1) is 25.4. The average molecular weight is 505 g/mol. The highest BCUT2D eigenvalue weighted by molar-refractivity contribution is 7.89. The molecule has 0 radical (unpaired) electrons. The summed E-state index contributed by atoms with van der Waals surface area (Å²) in [5.41, 5.74) is -0.687. The molecule has 0 aliphatic carbocycles. The second-order valence-electron chi connectivity index (χ2n) is 9.48. The number of carbonyl (C=O) groups is 1. The number of sulfonamides is 1. The number of piperidine rings is 2. The van der Waals surface area contributed by atoms with E-state index in [0.29, 0.717) is 30.9 Å². The van der Waals surface area contributed by atoms with Crippen LogP contribution in [-0.2, 0) is 14.8 Å². The molecule has 35 heavy (non-hydrogen) atoms. The molecule has 0 bridgehead atoms. The smallest absolute Gasteiger partial charge is 0.243 e. The molecule has 190 valence electrons. The number of likely N-dealkylation sites (tertiary alicyclic amines) is 1. The third-order valence-electron chi connectivity index (χ3n) is 6.90. The Labute approximate surface area is 206 Å². The zero-order valence-corrected chi connectivity index (χ0v) is 20.9. The van der Waals surface area contributed by atoms with Gasteiger partial charge in [0.15, 0.2) is 0 Å². The van der Waals surface area contributed by atoms with Crippen molar-refractivity contribution in [1.29, 1.82) is 0 Å². The predicted octanol–water partition coefficient (Wildman–Crippen LogP) is 4.09. The van der Waals surface area contributed by atoms with Gasteiger partial charge in [0.2, 0.25) is 15.9 Å². The van der Waals surface area contributed by atoms with Crippen molar-refractivity contribution >= 4 is 15.9 Å². The summed E-state index contributed by atoms with van der Waals surface area (Å²) in [7, 11) is -2.29. The fourth-order valence-corrected chi connectivity index (χ4v) is 6.56. The van der Waals surface area contributed by atoms with Gasteiger partial charge < -0.3 is 14.4 Å². The fourth-order valence-electron chi connectivity index (χ4n) is 4.93. The van der Waals surface area contributed by atoms with Gasteiger partial charge in [-0.25, -0.2) is 12.8 Å². The van der Waals surface area contributed by atoms with Crippen molar-refractivity contribution in [3.63, 3.8) is 0 Å². The number of methoxy groups -OCH3 is 1. The molecule has 2 heterocycles. The zero-order chi connectivity index (χ0) is 24.9. The maximum absolute atomic E-state index is 13.5. The van der Waals surface area contributed by atoms with Crippen LogP contribution in [-0.4, -0.2) is 63.4 Å². The molecule has 2 aliphatic rings. The van der Waals surface area contributed by atoms with Gasteiger partial charge in [0.25, 0.3) is 0 Å². The summed E-state index contributed by atoms with van der Waals surface area (Å²) in [6.07, 6.45) is 4.58. The van der Waals surface area contributed by atoms with Gasteiger partial charge in [-0.15, -0.1) is 0 Å². The molecule has 0 spiro atoms. The van der Waals surface area contributed by atoms with Crippen molar-refractivity contribution in [3.05, 3.63) is 54.3 Å². The molecular weight excluding hydrogens is 471 g/mol. The van der Waals surface area contributed by atoms with Crippen molar-refractivity contribution in [2.24, 2.45) is 5.41 Å². The number of benzene rings is 2. The molecule has 2 aromatic rings. The highest BCUT2D eigenvalue weighted by Gasteiger charge is 2.43. The molecule has 9 heteroatoms. The van der Waals surface area contributed by atoms with Gasteiger partial charge in [-0.2, -0.15) is 4.31 Å². The summed E-state index contributed by atoms with van der Waals surface area (Å²) in [5.74, 6) is 0.631. The van der Waals surface area contributed by atoms with Gasteiger partial charge in [0.05, 0.1) is 18.6 Å². The van der Waals surface area contributed by atoms with E-state index >= 15 is 0 Å². The molecule has 0 aromatic heterocycles. The lowest BCUT2D eigenvalue weighted by Crippen LogP contribution is -2.51. The minimum Gasteiger partial charge on any atom is -0.497 e. The van der Waals surface area contributed by atoms with Gasteiger partial charge in [0.1, 0.15) is 17.3 Å². The van der Waals surface area contributed by atoms with Crippen molar-refractivity contribution < 1.29 is 27.1 Å². The number of rotatable bonds is 8. The number of nitrogens with zero attached hydrogens (tertiary/aromatic N) is 2. The van der Waals surface area contributed by atoms with Gasteiger partial charge in [-0.05, 0) is 68.5 Å². The molecule has 1 amide bonds. The largest absolute Gasteiger partial charge is 0.497 e. The Hall–Kier alpha value is -2.65. The number of halogens is 1. The maximum Gasteiger partial charge on any atom is 0.243 e. The minimum atomic E-state index is -3.79. The summed E-state index contributed by atoms with van der Waals surface area (Å²) in [5, 5.41) is 0. The van der Waals surface area contributed by atoms with E-state index < -0.39 is 15.4 Å². The summed E-state index contributed by atoms with van der Waals surface area (Å²) in [6, 6.07) is 12.2. The molecule has 2 saturated heterocycles. The van der Waals surface area contributed by atoms with Gasteiger partial charge in [0, 0.05) is 44.1 Å². The van der Waals surface area contributed by atoms with Crippen molar-refractivity contribution in [2.75, 3.05) is 39.9 Å². The summed E-state index contributed by atoms with van der Waals surface area (Å²) >= 11 is 0. The normalized spacial score (nSPS) is 21.5. The van der Waals surface area contributed by atoms with Crippen LogP contribution >= 0.6 is 0 Å². The Kier molecular flexibility index (Phi) is 7.96. The minimum absolute atomic E-state index is 0.0352. The third kappa shape index (κ3) is 6.13. The van der Waals surface area contributed by atoms with Gasteiger partial charge >= 0.3 is 0 Å². The molecule has 2 fully saturated rings. The number of hydrogen-bond acceptors (Lipinski definition) is 5.